The number of carbonyl (C=O) groups excluding carboxylic acids is 1. The van der Waals surface area contributed by atoms with Gasteiger partial charge in [-0.3, -0.25) is 14.2 Å². The van der Waals surface area contributed by atoms with Crippen LogP contribution in [0.5, 0.6) is 11.5 Å². The maximum Gasteiger partial charge on any atom is 0.261 e. The van der Waals surface area contributed by atoms with Crippen molar-refractivity contribution in [3.63, 3.8) is 0 Å². The van der Waals surface area contributed by atoms with E-state index in [1.54, 1.807) is 12.1 Å². The van der Waals surface area contributed by atoms with Gasteiger partial charge in [-0.05, 0) is 37.5 Å². The van der Waals surface area contributed by atoms with Crippen molar-refractivity contribution in [3.8, 4) is 11.5 Å². The molecule has 0 radical (unpaired) electrons. The SMILES string of the molecule is COc1cc2ncn(CCCC(=O)Nc3c(C)cccc3C)c(=O)c2cc1OC. The molecular weight excluding hydrogens is 370 g/mol. The zero-order chi connectivity index (χ0) is 21.0. The molecule has 152 valence electrons. The van der Waals surface area contributed by atoms with Crippen molar-refractivity contribution in [1.82, 2.24) is 9.55 Å². The van der Waals surface area contributed by atoms with Gasteiger partial charge in [0, 0.05) is 24.7 Å². The van der Waals surface area contributed by atoms with Crippen molar-refractivity contribution in [3.05, 3.63) is 58.1 Å². The lowest BCUT2D eigenvalue weighted by Crippen LogP contribution is -2.22. The summed E-state index contributed by atoms with van der Waals surface area (Å²) < 4.78 is 12.0. The molecule has 0 saturated heterocycles. The fourth-order valence-electron chi connectivity index (χ4n) is 3.27. The minimum atomic E-state index is -0.175. The Kier molecular flexibility index (Phi) is 6.16. The number of methoxy groups -OCH3 is 2. The van der Waals surface area contributed by atoms with Gasteiger partial charge < -0.3 is 14.8 Å². The fourth-order valence-corrected chi connectivity index (χ4v) is 3.27. The number of anilines is 1. The summed E-state index contributed by atoms with van der Waals surface area (Å²) in [5, 5.41) is 3.41. The number of para-hydroxylation sites is 1. The molecule has 0 unspecified atom stereocenters. The molecule has 1 aromatic heterocycles. The van der Waals surface area contributed by atoms with Crippen molar-refractivity contribution in [2.75, 3.05) is 19.5 Å². The Hall–Kier alpha value is -3.35. The molecule has 0 aliphatic heterocycles. The Morgan fingerprint density at radius 2 is 1.76 bits per heavy atom. The number of amides is 1. The van der Waals surface area contributed by atoms with E-state index < -0.39 is 0 Å². The molecule has 3 rings (SSSR count). The normalized spacial score (nSPS) is 10.8. The molecule has 7 nitrogen and oxygen atoms in total. The molecule has 0 bridgehead atoms. The van der Waals surface area contributed by atoms with E-state index in [0.29, 0.717) is 41.8 Å². The van der Waals surface area contributed by atoms with Crippen molar-refractivity contribution in [1.29, 1.82) is 0 Å². The van der Waals surface area contributed by atoms with E-state index in [-0.39, 0.29) is 11.5 Å². The summed E-state index contributed by atoms with van der Waals surface area (Å²) in [4.78, 5) is 29.4. The van der Waals surface area contributed by atoms with Crippen LogP contribution in [0.25, 0.3) is 10.9 Å². The number of benzene rings is 2. The second-order valence-electron chi connectivity index (χ2n) is 6.89. The van der Waals surface area contributed by atoms with Crippen LogP contribution in [-0.4, -0.2) is 29.7 Å². The summed E-state index contributed by atoms with van der Waals surface area (Å²) in [5.41, 5.74) is 3.27. The fraction of sp³-hybridized carbons (Fsp3) is 0.318. The molecule has 2 aromatic carbocycles. The summed E-state index contributed by atoms with van der Waals surface area (Å²) in [5.74, 6) is 0.924. The Balaban J connectivity index is 1.70. The lowest BCUT2D eigenvalue weighted by Gasteiger charge is -2.12. The first-order valence-electron chi connectivity index (χ1n) is 9.42. The first kappa shape index (κ1) is 20.4. The molecule has 0 saturated carbocycles. The maximum absolute atomic E-state index is 12.8. The van der Waals surface area contributed by atoms with Crippen molar-refractivity contribution in [2.24, 2.45) is 0 Å². The summed E-state index contributed by atoms with van der Waals surface area (Å²) >= 11 is 0. The summed E-state index contributed by atoms with van der Waals surface area (Å²) in [6, 6.07) is 9.20. The maximum atomic E-state index is 12.8. The van der Waals surface area contributed by atoms with E-state index in [1.165, 1.54) is 25.1 Å². The lowest BCUT2D eigenvalue weighted by atomic mass is 10.1. The molecule has 1 heterocycles. The number of hydrogen-bond acceptors (Lipinski definition) is 5. The van der Waals surface area contributed by atoms with Gasteiger partial charge >= 0.3 is 0 Å². The summed E-state index contributed by atoms with van der Waals surface area (Å²) in [7, 11) is 3.06. The second kappa shape index (κ2) is 8.77. The third-order valence-electron chi connectivity index (χ3n) is 4.88. The molecule has 1 N–H and O–H groups in total. The topological polar surface area (TPSA) is 82.5 Å². The number of aromatic nitrogens is 2. The smallest absolute Gasteiger partial charge is 0.261 e. The van der Waals surface area contributed by atoms with Crippen molar-refractivity contribution < 1.29 is 14.3 Å². The molecule has 0 fully saturated rings. The predicted octanol–water partition coefficient (Wildman–Crippen LogP) is 3.45. The van der Waals surface area contributed by atoms with E-state index in [9.17, 15) is 9.59 Å². The van der Waals surface area contributed by atoms with Gasteiger partial charge in [-0.25, -0.2) is 4.98 Å². The van der Waals surface area contributed by atoms with Crippen LogP contribution in [0, 0.1) is 13.8 Å². The van der Waals surface area contributed by atoms with Gasteiger partial charge in [-0.2, -0.15) is 0 Å². The van der Waals surface area contributed by atoms with Gasteiger partial charge in [-0.15, -0.1) is 0 Å². The van der Waals surface area contributed by atoms with Crippen LogP contribution in [0.1, 0.15) is 24.0 Å². The third-order valence-corrected chi connectivity index (χ3v) is 4.88. The van der Waals surface area contributed by atoms with Gasteiger partial charge in [0.1, 0.15) is 0 Å². The molecule has 29 heavy (non-hydrogen) atoms. The van der Waals surface area contributed by atoms with E-state index in [1.807, 2.05) is 32.0 Å². The Bertz CT molecular complexity index is 1080. The van der Waals surface area contributed by atoms with Crippen LogP contribution in [0.4, 0.5) is 5.69 Å². The third kappa shape index (κ3) is 4.39. The van der Waals surface area contributed by atoms with Gasteiger partial charge in [0.2, 0.25) is 5.91 Å². The number of aryl methyl sites for hydroxylation is 3. The van der Waals surface area contributed by atoms with Gasteiger partial charge in [0.05, 0.1) is 31.4 Å². The van der Waals surface area contributed by atoms with Gasteiger partial charge in [0.25, 0.3) is 5.56 Å². The zero-order valence-electron chi connectivity index (χ0n) is 17.1. The molecule has 0 spiro atoms. The van der Waals surface area contributed by atoms with Crippen molar-refractivity contribution >= 4 is 22.5 Å². The molecule has 0 aliphatic carbocycles. The van der Waals surface area contributed by atoms with Crippen LogP contribution < -0.4 is 20.3 Å². The standard InChI is InChI=1S/C22H25N3O4/c1-14-7-5-8-15(2)21(14)24-20(26)9-6-10-25-13-23-17-12-19(29-4)18(28-3)11-16(17)22(25)27/h5,7-8,11-13H,6,9-10H2,1-4H3,(H,24,26). The molecule has 0 atom stereocenters. The Morgan fingerprint density at radius 3 is 2.41 bits per heavy atom. The zero-order valence-corrected chi connectivity index (χ0v) is 17.1. The van der Waals surface area contributed by atoms with E-state index >= 15 is 0 Å². The Morgan fingerprint density at radius 1 is 1.10 bits per heavy atom. The molecule has 3 aromatic rings. The van der Waals surface area contributed by atoms with Crippen molar-refractivity contribution in [2.45, 2.75) is 33.2 Å². The van der Waals surface area contributed by atoms with Crippen LogP contribution in [-0.2, 0) is 11.3 Å². The number of ether oxygens (including phenoxy) is 2. The van der Waals surface area contributed by atoms with Gasteiger partial charge in [-0.1, -0.05) is 18.2 Å². The number of nitrogens with zero attached hydrogens (tertiary/aromatic N) is 2. The van der Waals surface area contributed by atoms with E-state index in [2.05, 4.69) is 10.3 Å². The van der Waals surface area contributed by atoms with E-state index in [4.69, 9.17) is 9.47 Å². The first-order chi connectivity index (χ1) is 13.9. The van der Waals surface area contributed by atoms with Gasteiger partial charge in [0.15, 0.2) is 11.5 Å². The van der Waals surface area contributed by atoms with Crippen LogP contribution in [0.3, 0.4) is 0 Å². The number of nitrogens with one attached hydrogen (secondary N) is 1. The molecular formula is C22H25N3O4. The lowest BCUT2D eigenvalue weighted by molar-refractivity contribution is -0.116. The average Bonchev–Trinajstić information content (AvgIpc) is 2.71. The number of rotatable bonds is 7. The number of carbonyl (C=O) groups is 1. The first-order valence-corrected chi connectivity index (χ1v) is 9.42. The highest BCUT2D eigenvalue weighted by Gasteiger charge is 2.12. The minimum Gasteiger partial charge on any atom is -0.493 e. The van der Waals surface area contributed by atoms with E-state index in [0.717, 1.165) is 16.8 Å². The minimum absolute atomic E-state index is 0.0735. The highest BCUT2D eigenvalue weighted by atomic mass is 16.5. The monoisotopic (exact) mass is 395 g/mol. The quantitative estimate of drug-likeness (QED) is 0.663. The highest BCUT2D eigenvalue weighted by molar-refractivity contribution is 5.92. The van der Waals surface area contributed by atoms with Crippen LogP contribution in [0.15, 0.2) is 41.5 Å². The predicted molar refractivity (Wildman–Crippen MR) is 113 cm³/mol. The average molecular weight is 395 g/mol. The molecule has 1 amide bonds. The Labute approximate surface area is 169 Å². The summed E-state index contributed by atoms with van der Waals surface area (Å²) in [6.07, 6.45) is 2.33. The van der Waals surface area contributed by atoms with Crippen LogP contribution in [0.2, 0.25) is 0 Å². The summed E-state index contributed by atoms with van der Waals surface area (Å²) in [6.45, 7) is 4.33. The number of hydrogen-bond donors (Lipinski definition) is 1. The van der Waals surface area contributed by atoms with Crippen LogP contribution >= 0.6 is 0 Å². The second-order valence-corrected chi connectivity index (χ2v) is 6.89. The molecule has 0 aliphatic rings. The largest absolute Gasteiger partial charge is 0.493 e. The number of fused-ring (bicyclic) bond motifs is 1. The molecule has 7 heteroatoms. The highest BCUT2D eigenvalue weighted by Crippen LogP contribution is 2.29.